The van der Waals surface area contributed by atoms with E-state index in [9.17, 15) is 9.90 Å². The van der Waals surface area contributed by atoms with Crippen LogP contribution in [0.5, 0.6) is 0 Å². The van der Waals surface area contributed by atoms with Gasteiger partial charge < -0.3 is 10.4 Å². The van der Waals surface area contributed by atoms with Crippen molar-refractivity contribution < 1.29 is 9.90 Å². The topological polar surface area (TPSA) is 67.2 Å². The first-order valence-corrected chi connectivity index (χ1v) is 8.70. The Hall–Kier alpha value is -1.85. The Balaban J connectivity index is 1.69. The van der Waals surface area contributed by atoms with Gasteiger partial charge in [0.2, 0.25) is 0 Å². The lowest BCUT2D eigenvalue weighted by atomic mass is 9.87. The van der Waals surface area contributed by atoms with E-state index in [-0.39, 0.29) is 12.0 Å². The second-order valence-corrected chi connectivity index (χ2v) is 6.81. The summed E-state index contributed by atoms with van der Waals surface area (Å²) < 4.78 is 1.68. The maximum Gasteiger partial charge on any atom is 0.254 e. The molecule has 24 heavy (non-hydrogen) atoms. The fourth-order valence-electron chi connectivity index (χ4n) is 3.28. The van der Waals surface area contributed by atoms with Crippen LogP contribution in [0.3, 0.4) is 0 Å². The number of hydrogen-bond donors (Lipinski definition) is 2. The van der Waals surface area contributed by atoms with Crippen molar-refractivity contribution in [2.45, 2.75) is 38.7 Å². The van der Waals surface area contributed by atoms with E-state index in [2.05, 4.69) is 10.4 Å². The molecule has 0 bridgehead atoms. The fourth-order valence-corrected chi connectivity index (χ4v) is 3.49. The van der Waals surface area contributed by atoms with E-state index >= 15 is 0 Å². The molecule has 2 atom stereocenters. The van der Waals surface area contributed by atoms with Crippen molar-refractivity contribution in [3.63, 3.8) is 0 Å². The second kappa shape index (κ2) is 7.36. The van der Waals surface area contributed by atoms with Crippen LogP contribution in [0.4, 0.5) is 0 Å². The van der Waals surface area contributed by atoms with Gasteiger partial charge in [-0.1, -0.05) is 30.2 Å². The molecule has 0 radical (unpaired) electrons. The molecule has 5 nitrogen and oxygen atoms in total. The van der Waals surface area contributed by atoms with Crippen LogP contribution in [0.15, 0.2) is 30.5 Å². The molecule has 2 N–H and O–H groups in total. The fraction of sp³-hybridized carbons (Fsp3) is 0.444. The van der Waals surface area contributed by atoms with Gasteiger partial charge in [0.15, 0.2) is 0 Å². The SMILES string of the molecule is Cc1c(C(=O)NCC2CCCC(O)C2)cnn1-c1ccccc1Cl. The van der Waals surface area contributed by atoms with Gasteiger partial charge in [0.25, 0.3) is 5.91 Å². The molecule has 6 heteroatoms. The molecule has 0 saturated heterocycles. The van der Waals surface area contributed by atoms with Gasteiger partial charge in [0, 0.05) is 6.54 Å². The number of carbonyl (C=O) groups excluding carboxylic acids is 1. The third-order valence-electron chi connectivity index (χ3n) is 4.64. The maximum absolute atomic E-state index is 12.5. The Morgan fingerprint density at radius 1 is 1.42 bits per heavy atom. The highest BCUT2D eigenvalue weighted by Crippen LogP contribution is 2.24. The van der Waals surface area contributed by atoms with Crippen molar-refractivity contribution >= 4 is 17.5 Å². The van der Waals surface area contributed by atoms with E-state index in [1.165, 1.54) is 0 Å². The molecule has 3 rings (SSSR count). The van der Waals surface area contributed by atoms with Crippen molar-refractivity contribution in [1.82, 2.24) is 15.1 Å². The Kier molecular flexibility index (Phi) is 5.21. The smallest absolute Gasteiger partial charge is 0.254 e. The summed E-state index contributed by atoms with van der Waals surface area (Å²) in [4.78, 5) is 12.5. The molecule has 1 aliphatic carbocycles. The van der Waals surface area contributed by atoms with Crippen LogP contribution < -0.4 is 5.32 Å². The van der Waals surface area contributed by atoms with E-state index < -0.39 is 0 Å². The lowest BCUT2D eigenvalue weighted by molar-refractivity contribution is 0.0873. The highest BCUT2D eigenvalue weighted by molar-refractivity contribution is 6.32. The number of nitrogens with one attached hydrogen (secondary N) is 1. The van der Waals surface area contributed by atoms with E-state index in [4.69, 9.17) is 11.6 Å². The minimum Gasteiger partial charge on any atom is -0.393 e. The highest BCUT2D eigenvalue weighted by Gasteiger charge is 2.22. The quantitative estimate of drug-likeness (QED) is 0.893. The van der Waals surface area contributed by atoms with Crippen molar-refractivity contribution in [2.24, 2.45) is 5.92 Å². The van der Waals surface area contributed by atoms with Crippen LogP contribution in [0.2, 0.25) is 5.02 Å². The number of carbonyl (C=O) groups is 1. The molecule has 2 unspecified atom stereocenters. The average Bonchev–Trinajstić information content (AvgIpc) is 2.95. The highest BCUT2D eigenvalue weighted by atomic mass is 35.5. The van der Waals surface area contributed by atoms with Crippen molar-refractivity contribution in [1.29, 1.82) is 0 Å². The Morgan fingerprint density at radius 3 is 2.96 bits per heavy atom. The first kappa shape index (κ1) is 17.0. The number of aromatic nitrogens is 2. The molecule has 1 aromatic heterocycles. The summed E-state index contributed by atoms with van der Waals surface area (Å²) in [5.74, 6) is 0.211. The van der Waals surface area contributed by atoms with Gasteiger partial charge in [0.1, 0.15) is 0 Å². The molecule has 1 amide bonds. The zero-order valence-corrected chi connectivity index (χ0v) is 14.5. The van der Waals surface area contributed by atoms with Gasteiger partial charge in [-0.2, -0.15) is 5.10 Å². The molecule has 1 aliphatic rings. The van der Waals surface area contributed by atoms with E-state index in [0.717, 1.165) is 37.1 Å². The average molecular weight is 348 g/mol. The summed E-state index contributed by atoms with van der Waals surface area (Å²) in [5.41, 5.74) is 2.06. The number of nitrogens with zero attached hydrogens (tertiary/aromatic N) is 2. The van der Waals surface area contributed by atoms with E-state index in [0.29, 0.717) is 23.0 Å². The number of aliphatic hydroxyl groups is 1. The van der Waals surface area contributed by atoms with Gasteiger partial charge in [-0.25, -0.2) is 4.68 Å². The lowest BCUT2D eigenvalue weighted by Gasteiger charge is -2.25. The minimum atomic E-state index is -0.231. The van der Waals surface area contributed by atoms with Gasteiger partial charge >= 0.3 is 0 Å². The summed E-state index contributed by atoms with van der Waals surface area (Å²) >= 11 is 6.21. The first-order chi connectivity index (χ1) is 11.6. The van der Waals surface area contributed by atoms with Crippen molar-refractivity contribution in [2.75, 3.05) is 6.54 Å². The predicted octanol–water partition coefficient (Wildman–Crippen LogP) is 3.12. The second-order valence-electron chi connectivity index (χ2n) is 6.40. The third-order valence-corrected chi connectivity index (χ3v) is 4.96. The van der Waals surface area contributed by atoms with E-state index in [1.54, 1.807) is 16.9 Å². The van der Waals surface area contributed by atoms with Gasteiger partial charge in [-0.05, 0) is 44.2 Å². The molecule has 2 aromatic rings. The number of aliphatic hydroxyl groups excluding tert-OH is 1. The van der Waals surface area contributed by atoms with Crippen LogP contribution in [0.1, 0.15) is 41.7 Å². The lowest BCUT2D eigenvalue weighted by Crippen LogP contribution is -2.33. The standard InChI is InChI=1S/C18H22ClN3O2/c1-12-15(11-21-22(12)17-8-3-2-7-16(17)19)18(24)20-10-13-5-4-6-14(23)9-13/h2-3,7-8,11,13-14,23H,4-6,9-10H2,1H3,(H,20,24). The summed E-state index contributed by atoms with van der Waals surface area (Å²) in [6, 6.07) is 7.41. The van der Waals surface area contributed by atoms with Gasteiger partial charge in [-0.15, -0.1) is 0 Å². The monoisotopic (exact) mass is 347 g/mol. The van der Waals surface area contributed by atoms with Crippen LogP contribution >= 0.6 is 11.6 Å². The van der Waals surface area contributed by atoms with Gasteiger partial charge in [0.05, 0.1) is 34.3 Å². The number of rotatable bonds is 4. The molecule has 0 spiro atoms. The number of amides is 1. The Labute approximate surface area is 146 Å². The molecule has 0 aliphatic heterocycles. The van der Waals surface area contributed by atoms with Crippen LogP contribution in [0.25, 0.3) is 5.69 Å². The molecular formula is C18H22ClN3O2. The molecule has 1 fully saturated rings. The maximum atomic E-state index is 12.5. The number of halogens is 1. The Morgan fingerprint density at radius 2 is 2.21 bits per heavy atom. The Bertz CT molecular complexity index is 729. The summed E-state index contributed by atoms with van der Waals surface area (Å²) in [7, 11) is 0. The van der Waals surface area contributed by atoms with Crippen molar-refractivity contribution in [3.05, 3.63) is 46.7 Å². The number of benzene rings is 1. The molecular weight excluding hydrogens is 326 g/mol. The number of para-hydroxylation sites is 1. The summed E-state index contributed by atoms with van der Waals surface area (Å²) in [6.07, 6.45) is 5.04. The zero-order chi connectivity index (χ0) is 17.1. The molecule has 1 aromatic carbocycles. The molecule has 1 heterocycles. The van der Waals surface area contributed by atoms with Crippen LogP contribution in [0, 0.1) is 12.8 Å². The largest absolute Gasteiger partial charge is 0.393 e. The normalized spacial score (nSPS) is 20.8. The van der Waals surface area contributed by atoms with E-state index in [1.807, 2.05) is 25.1 Å². The third kappa shape index (κ3) is 3.62. The first-order valence-electron chi connectivity index (χ1n) is 8.32. The molecule has 1 saturated carbocycles. The summed E-state index contributed by atoms with van der Waals surface area (Å²) in [6.45, 7) is 2.45. The van der Waals surface area contributed by atoms with Crippen LogP contribution in [-0.4, -0.2) is 33.4 Å². The number of hydrogen-bond acceptors (Lipinski definition) is 3. The van der Waals surface area contributed by atoms with Crippen LogP contribution in [-0.2, 0) is 0 Å². The minimum absolute atomic E-state index is 0.133. The molecule has 128 valence electrons. The zero-order valence-electron chi connectivity index (χ0n) is 13.7. The van der Waals surface area contributed by atoms with Gasteiger partial charge in [-0.3, -0.25) is 4.79 Å². The predicted molar refractivity (Wildman–Crippen MR) is 93.6 cm³/mol. The van der Waals surface area contributed by atoms with Crippen molar-refractivity contribution in [3.8, 4) is 5.69 Å². The summed E-state index contributed by atoms with van der Waals surface area (Å²) in [5, 5.41) is 17.6.